The highest BCUT2D eigenvalue weighted by Crippen LogP contribution is 2.39. The maximum absolute atomic E-state index is 11.2. The van der Waals surface area contributed by atoms with Gasteiger partial charge in [-0.05, 0) is 24.3 Å². The summed E-state index contributed by atoms with van der Waals surface area (Å²) in [6.45, 7) is 1.60. The molecule has 0 spiro atoms. The molecular formula is C35H36Cl2N4O8. The maximum Gasteiger partial charge on any atom is 0.168 e. The molecule has 0 fully saturated rings. The van der Waals surface area contributed by atoms with Crippen molar-refractivity contribution in [2.24, 2.45) is 0 Å². The second kappa shape index (κ2) is 18.8. The highest BCUT2D eigenvalue weighted by molar-refractivity contribution is 6.40. The van der Waals surface area contributed by atoms with Crippen molar-refractivity contribution in [3.8, 4) is 23.0 Å². The summed E-state index contributed by atoms with van der Waals surface area (Å²) in [5.74, 6) is 2.40. The number of aliphatic hydroxyl groups excluding tert-OH is 1. The molecule has 0 radical (unpaired) electrons. The summed E-state index contributed by atoms with van der Waals surface area (Å²) in [4.78, 5) is 28.9. The topological polar surface area (TPSA) is 144 Å². The number of pyridine rings is 4. The van der Waals surface area contributed by atoms with E-state index < -0.39 is 0 Å². The number of halogens is 2. The Balaban J connectivity index is 0.000000205. The first-order valence-corrected chi connectivity index (χ1v) is 16.0. The number of fused-ring (bicyclic) bond motifs is 6. The molecule has 14 heteroatoms. The predicted molar refractivity (Wildman–Crippen MR) is 190 cm³/mol. The summed E-state index contributed by atoms with van der Waals surface area (Å²) >= 11 is 9.53. The fraction of sp³-hybridized carbons (Fsp3) is 0.286. The Hall–Kier alpha value is -4.59. The molecule has 0 bridgehead atoms. The number of hydrogen-bond acceptors (Lipinski definition) is 12. The van der Waals surface area contributed by atoms with Crippen molar-refractivity contribution in [2.75, 3.05) is 60.2 Å². The summed E-state index contributed by atoms with van der Waals surface area (Å²) in [6.07, 6.45) is 4.09. The number of aliphatic hydroxyl groups is 1. The van der Waals surface area contributed by atoms with Gasteiger partial charge in [-0.2, -0.15) is 0 Å². The first kappa shape index (κ1) is 37.2. The third kappa shape index (κ3) is 8.91. The number of carbonyl (C=O) groups is 1. The summed E-state index contributed by atoms with van der Waals surface area (Å²) in [6, 6.07) is 14.7. The summed E-state index contributed by atoms with van der Waals surface area (Å²) in [5.41, 5.74) is 3.49. The molecule has 0 aliphatic carbocycles. The molecule has 1 N–H and O–H groups in total. The number of aromatic nitrogens is 4. The Morgan fingerprint density at radius 1 is 0.673 bits per heavy atom. The van der Waals surface area contributed by atoms with Gasteiger partial charge in [0.2, 0.25) is 0 Å². The van der Waals surface area contributed by atoms with E-state index in [0.717, 1.165) is 21.7 Å². The lowest BCUT2D eigenvalue weighted by Gasteiger charge is -2.14. The zero-order valence-electron chi connectivity index (χ0n) is 27.4. The van der Waals surface area contributed by atoms with Gasteiger partial charge in [0.05, 0.1) is 66.9 Å². The van der Waals surface area contributed by atoms with Gasteiger partial charge >= 0.3 is 0 Å². The maximum atomic E-state index is 11.2. The Morgan fingerprint density at radius 3 is 1.61 bits per heavy atom. The monoisotopic (exact) mass is 710 g/mol. The fourth-order valence-corrected chi connectivity index (χ4v) is 4.98. The SMILES string of the molecule is COCCOc1cc2cccnc2c2nc(C=O)cc(OC)c12.COCCOc1cc2cccnc2c2nc(CO)cc(OC)c12.ClCCl. The van der Waals surface area contributed by atoms with Crippen LogP contribution in [0, 0.1) is 0 Å². The predicted octanol–water partition coefficient (Wildman–Crippen LogP) is 6.36. The number of nitrogens with zero attached hydrogens (tertiary/aromatic N) is 4. The van der Waals surface area contributed by atoms with Gasteiger partial charge in [-0.3, -0.25) is 14.8 Å². The van der Waals surface area contributed by atoms with E-state index in [4.69, 9.17) is 51.6 Å². The van der Waals surface area contributed by atoms with Crippen LogP contribution in [0.25, 0.3) is 43.6 Å². The van der Waals surface area contributed by atoms with Crippen LogP contribution in [0.4, 0.5) is 0 Å². The Labute approximate surface area is 292 Å². The second-order valence-corrected chi connectivity index (χ2v) is 10.8. The number of benzene rings is 2. The van der Waals surface area contributed by atoms with Gasteiger partial charge in [-0.15, -0.1) is 23.2 Å². The van der Waals surface area contributed by atoms with E-state index in [0.29, 0.717) is 83.3 Å². The minimum atomic E-state index is -0.171. The van der Waals surface area contributed by atoms with Gasteiger partial charge in [-0.25, -0.2) is 9.97 Å². The van der Waals surface area contributed by atoms with E-state index >= 15 is 0 Å². The first-order valence-electron chi connectivity index (χ1n) is 14.9. The lowest BCUT2D eigenvalue weighted by molar-refractivity contribution is 0.111. The summed E-state index contributed by atoms with van der Waals surface area (Å²) in [7, 11) is 6.37. The average Bonchev–Trinajstić information content (AvgIpc) is 3.14. The van der Waals surface area contributed by atoms with Gasteiger partial charge in [0, 0.05) is 49.5 Å². The number of ether oxygens (including phenoxy) is 6. The molecule has 12 nitrogen and oxygen atoms in total. The van der Waals surface area contributed by atoms with E-state index in [1.54, 1.807) is 53.0 Å². The molecule has 0 saturated heterocycles. The number of rotatable bonds is 12. The van der Waals surface area contributed by atoms with Crippen LogP contribution < -0.4 is 18.9 Å². The highest BCUT2D eigenvalue weighted by atomic mass is 35.5. The Morgan fingerprint density at radius 2 is 1.16 bits per heavy atom. The van der Waals surface area contributed by atoms with Crippen LogP contribution in [0.15, 0.2) is 60.9 Å². The van der Waals surface area contributed by atoms with Crippen molar-refractivity contribution in [1.29, 1.82) is 0 Å². The zero-order chi connectivity index (χ0) is 35.2. The molecule has 4 heterocycles. The smallest absolute Gasteiger partial charge is 0.168 e. The normalized spacial score (nSPS) is 10.7. The largest absolute Gasteiger partial charge is 0.496 e. The molecule has 0 aliphatic heterocycles. The second-order valence-electron chi connectivity index (χ2n) is 9.97. The Kier molecular flexibility index (Phi) is 14.3. The molecular weight excluding hydrogens is 675 g/mol. The van der Waals surface area contributed by atoms with E-state index in [-0.39, 0.29) is 17.6 Å². The van der Waals surface area contributed by atoms with E-state index in [1.165, 1.54) is 0 Å². The van der Waals surface area contributed by atoms with Crippen LogP contribution in [0.5, 0.6) is 23.0 Å². The number of methoxy groups -OCH3 is 4. The van der Waals surface area contributed by atoms with Crippen molar-refractivity contribution in [3.05, 3.63) is 72.3 Å². The molecule has 0 saturated carbocycles. The minimum absolute atomic E-state index is 0.171. The molecule has 0 atom stereocenters. The van der Waals surface area contributed by atoms with Crippen molar-refractivity contribution in [2.45, 2.75) is 6.61 Å². The molecule has 49 heavy (non-hydrogen) atoms. The molecule has 6 rings (SSSR count). The van der Waals surface area contributed by atoms with Gasteiger partial charge in [0.1, 0.15) is 52.9 Å². The molecule has 0 unspecified atom stereocenters. The summed E-state index contributed by atoms with van der Waals surface area (Å²) < 4.78 is 32.6. The first-order chi connectivity index (χ1) is 24.0. The molecule has 4 aromatic heterocycles. The van der Waals surface area contributed by atoms with Crippen LogP contribution in [-0.4, -0.2) is 91.5 Å². The van der Waals surface area contributed by atoms with E-state index in [9.17, 15) is 9.90 Å². The highest BCUT2D eigenvalue weighted by Gasteiger charge is 2.18. The zero-order valence-corrected chi connectivity index (χ0v) is 29.0. The molecule has 6 aromatic rings. The molecule has 0 aliphatic rings. The quantitative estimate of drug-likeness (QED) is 0.0653. The van der Waals surface area contributed by atoms with Crippen LogP contribution >= 0.6 is 23.2 Å². The van der Waals surface area contributed by atoms with Crippen LogP contribution in [0.2, 0.25) is 0 Å². The minimum Gasteiger partial charge on any atom is -0.496 e. The van der Waals surface area contributed by atoms with Gasteiger partial charge in [-0.1, -0.05) is 12.1 Å². The van der Waals surface area contributed by atoms with Crippen molar-refractivity contribution in [1.82, 2.24) is 19.9 Å². The number of hydrogen-bond donors (Lipinski definition) is 1. The number of alkyl halides is 2. The van der Waals surface area contributed by atoms with E-state index in [1.807, 2.05) is 36.4 Å². The summed E-state index contributed by atoms with van der Waals surface area (Å²) in [5, 5.41) is 12.9. The molecule has 258 valence electrons. The van der Waals surface area contributed by atoms with Gasteiger partial charge in [0.25, 0.3) is 0 Å². The standard InChI is InChI=1S/C17H18N2O4.C17H16N2O4.CH2Cl2/c2*1-21-6-7-23-14-8-11-4-3-5-18-16(11)17-15(14)13(22-2)9-12(10-20)19-17;2-1-3/h3-5,8-9,20H,6-7,10H2,1-2H3;3-5,8-10H,6-7H2,1-2H3;1H2. The van der Waals surface area contributed by atoms with Gasteiger partial charge in [0.15, 0.2) is 6.29 Å². The van der Waals surface area contributed by atoms with Crippen molar-refractivity contribution >= 4 is 73.1 Å². The van der Waals surface area contributed by atoms with Crippen molar-refractivity contribution in [3.63, 3.8) is 0 Å². The van der Waals surface area contributed by atoms with Gasteiger partial charge < -0.3 is 33.5 Å². The Bertz CT molecular complexity index is 2020. The third-order valence-electron chi connectivity index (χ3n) is 7.04. The lowest BCUT2D eigenvalue weighted by atomic mass is 10.1. The van der Waals surface area contributed by atoms with Crippen molar-refractivity contribution < 1.29 is 38.3 Å². The van der Waals surface area contributed by atoms with Crippen LogP contribution in [0.3, 0.4) is 0 Å². The van der Waals surface area contributed by atoms with E-state index in [2.05, 4.69) is 19.9 Å². The third-order valence-corrected chi connectivity index (χ3v) is 7.04. The van der Waals surface area contributed by atoms with Crippen LogP contribution in [-0.2, 0) is 16.1 Å². The number of carbonyl (C=O) groups excluding carboxylic acids is 1. The molecule has 0 amide bonds. The number of aldehydes is 1. The fourth-order valence-electron chi connectivity index (χ4n) is 4.98. The van der Waals surface area contributed by atoms with Crippen LogP contribution in [0.1, 0.15) is 16.2 Å². The lowest BCUT2D eigenvalue weighted by Crippen LogP contribution is -2.06. The molecule has 2 aromatic carbocycles. The average molecular weight is 712 g/mol.